The van der Waals surface area contributed by atoms with Gasteiger partial charge in [-0.15, -0.1) is 11.3 Å². The molecule has 16 heavy (non-hydrogen) atoms. The van der Waals surface area contributed by atoms with E-state index in [9.17, 15) is 0 Å². The zero-order valence-electron chi connectivity index (χ0n) is 8.85. The first-order valence-electron chi connectivity index (χ1n) is 4.81. The lowest BCUT2D eigenvalue weighted by Gasteiger charge is -2.21. The molecule has 5 heteroatoms. The monoisotopic (exact) mass is 297 g/mol. The molecule has 0 aliphatic rings. The largest absolute Gasteiger partial charge is 0.396 e. The number of nitrogens with two attached hydrogens (primary N) is 1. The molecule has 0 aliphatic carbocycles. The molecule has 2 rings (SSSR count). The minimum absolute atomic E-state index is 0.688. The third-order valence-electron chi connectivity index (χ3n) is 2.26. The number of nitrogens with zero attached hydrogens (tertiary/aromatic N) is 2. The number of anilines is 2. The predicted octanol–water partition coefficient (Wildman–Crippen LogP) is 3.12. The Bertz CT molecular complexity index is 450. The van der Waals surface area contributed by atoms with Gasteiger partial charge in [0, 0.05) is 18.1 Å². The molecule has 0 spiro atoms. The molecule has 0 fully saturated rings. The molecule has 0 aliphatic heterocycles. The molecule has 2 heterocycles. The van der Waals surface area contributed by atoms with Crippen LogP contribution in [0.25, 0.3) is 0 Å². The Labute approximate surface area is 107 Å². The highest BCUT2D eigenvalue weighted by atomic mass is 79.9. The van der Waals surface area contributed by atoms with E-state index in [1.807, 2.05) is 7.05 Å². The number of nitrogen functional groups attached to an aromatic ring is 1. The van der Waals surface area contributed by atoms with Crippen LogP contribution >= 0.6 is 27.3 Å². The maximum absolute atomic E-state index is 5.92. The summed E-state index contributed by atoms with van der Waals surface area (Å²) in [5, 5.41) is 2.08. The van der Waals surface area contributed by atoms with Crippen LogP contribution in [0.4, 0.5) is 11.4 Å². The van der Waals surface area contributed by atoms with Crippen LogP contribution in [0.1, 0.15) is 4.88 Å². The molecule has 0 atom stereocenters. The van der Waals surface area contributed by atoms with Crippen LogP contribution < -0.4 is 10.6 Å². The van der Waals surface area contributed by atoms with Crippen molar-refractivity contribution < 1.29 is 0 Å². The van der Waals surface area contributed by atoms with Gasteiger partial charge in [0.1, 0.15) is 0 Å². The van der Waals surface area contributed by atoms with Crippen molar-refractivity contribution in [1.82, 2.24) is 4.98 Å². The van der Waals surface area contributed by atoms with E-state index in [4.69, 9.17) is 5.73 Å². The van der Waals surface area contributed by atoms with Gasteiger partial charge >= 0.3 is 0 Å². The highest BCUT2D eigenvalue weighted by molar-refractivity contribution is 9.10. The number of aromatic nitrogens is 1. The quantitative estimate of drug-likeness (QED) is 0.946. The first-order valence-corrected chi connectivity index (χ1v) is 6.48. The second-order valence-corrected chi connectivity index (χ2v) is 5.38. The molecule has 0 saturated carbocycles. The van der Waals surface area contributed by atoms with Crippen LogP contribution in [-0.4, -0.2) is 12.0 Å². The van der Waals surface area contributed by atoms with E-state index in [1.54, 1.807) is 23.7 Å². The van der Waals surface area contributed by atoms with Crippen LogP contribution in [0.5, 0.6) is 0 Å². The molecule has 84 valence electrons. The third kappa shape index (κ3) is 2.36. The van der Waals surface area contributed by atoms with Crippen LogP contribution in [0, 0.1) is 0 Å². The summed E-state index contributed by atoms with van der Waals surface area (Å²) in [5.41, 5.74) is 7.60. The number of rotatable bonds is 3. The van der Waals surface area contributed by atoms with Gasteiger partial charge in [0.05, 0.1) is 28.6 Å². The fraction of sp³-hybridized carbons (Fsp3) is 0.182. The minimum Gasteiger partial charge on any atom is -0.396 e. The van der Waals surface area contributed by atoms with Gasteiger partial charge < -0.3 is 10.6 Å². The van der Waals surface area contributed by atoms with Gasteiger partial charge in [-0.05, 0) is 27.4 Å². The van der Waals surface area contributed by atoms with Crippen LogP contribution in [0.3, 0.4) is 0 Å². The second kappa shape index (κ2) is 4.84. The molecule has 0 saturated heterocycles. The Balaban J connectivity index is 2.24. The van der Waals surface area contributed by atoms with Crippen molar-refractivity contribution in [2.45, 2.75) is 6.54 Å². The first-order chi connectivity index (χ1) is 7.68. The number of hydrogen-bond acceptors (Lipinski definition) is 4. The highest BCUT2D eigenvalue weighted by Gasteiger charge is 2.10. The predicted molar refractivity (Wildman–Crippen MR) is 72.8 cm³/mol. The van der Waals surface area contributed by atoms with Gasteiger partial charge in [0.25, 0.3) is 0 Å². The Kier molecular flexibility index (Phi) is 3.46. The topological polar surface area (TPSA) is 42.1 Å². The minimum atomic E-state index is 0.688. The van der Waals surface area contributed by atoms with Gasteiger partial charge in [-0.25, -0.2) is 0 Å². The highest BCUT2D eigenvalue weighted by Crippen LogP contribution is 2.31. The molecule has 2 aromatic rings. The van der Waals surface area contributed by atoms with Gasteiger partial charge in [-0.1, -0.05) is 6.07 Å². The SMILES string of the molecule is CN(Cc1cccs1)c1c(N)cncc1Br. The maximum atomic E-state index is 5.92. The number of hydrogen-bond donors (Lipinski definition) is 1. The Morgan fingerprint density at radius 2 is 2.31 bits per heavy atom. The maximum Gasteiger partial charge on any atom is 0.0776 e. The van der Waals surface area contributed by atoms with Gasteiger partial charge in [0.15, 0.2) is 0 Å². The molecule has 0 amide bonds. The van der Waals surface area contributed by atoms with Crippen LogP contribution in [-0.2, 0) is 6.54 Å². The summed E-state index contributed by atoms with van der Waals surface area (Å²) in [6.07, 6.45) is 3.43. The lowest BCUT2D eigenvalue weighted by molar-refractivity contribution is 0.936. The van der Waals surface area contributed by atoms with Crippen molar-refractivity contribution in [1.29, 1.82) is 0 Å². The van der Waals surface area contributed by atoms with Gasteiger partial charge in [-0.2, -0.15) is 0 Å². The van der Waals surface area contributed by atoms with Crippen molar-refractivity contribution in [2.24, 2.45) is 0 Å². The standard InChI is InChI=1S/C11H12BrN3S/c1-15(7-8-3-2-4-16-8)11-9(12)5-14-6-10(11)13/h2-6H,7,13H2,1H3. The third-order valence-corrected chi connectivity index (χ3v) is 3.70. The van der Waals surface area contributed by atoms with E-state index < -0.39 is 0 Å². The van der Waals surface area contributed by atoms with Crippen molar-refractivity contribution >= 4 is 38.6 Å². The molecular formula is C11H12BrN3S. The van der Waals surface area contributed by atoms with Crippen molar-refractivity contribution in [3.05, 3.63) is 39.3 Å². The first kappa shape index (κ1) is 11.4. The van der Waals surface area contributed by atoms with E-state index in [1.165, 1.54) is 4.88 Å². The average Bonchev–Trinajstić information content (AvgIpc) is 2.70. The zero-order valence-corrected chi connectivity index (χ0v) is 11.3. The van der Waals surface area contributed by atoms with E-state index >= 15 is 0 Å². The number of thiophene rings is 1. The lowest BCUT2D eigenvalue weighted by atomic mass is 10.3. The van der Waals surface area contributed by atoms with Crippen LogP contribution in [0.15, 0.2) is 34.4 Å². The number of halogens is 1. The van der Waals surface area contributed by atoms with Gasteiger partial charge in [0.2, 0.25) is 0 Å². The lowest BCUT2D eigenvalue weighted by Crippen LogP contribution is -2.17. The fourth-order valence-electron chi connectivity index (χ4n) is 1.56. The Hall–Kier alpha value is -1.07. The van der Waals surface area contributed by atoms with Gasteiger partial charge in [-0.3, -0.25) is 4.98 Å². The molecule has 0 unspecified atom stereocenters. The molecule has 0 bridgehead atoms. The van der Waals surface area contributed by atoms with E-state index in [-0.39, 0.29) is 0 Å². The molecule has 0 aromatic carbocycles. The van der Waals surface area contributed by atoms with Crippen molar-refractivity contribution in [3.63, 3.8) is 0 Å². The smallest absolute Gasteiger partial charge is 0.0776 e. The Morgan fingerprint density at radius 1 is 1.50 bits per heavy atom. The fourth-order valence-corrected chi connectivity index (χ4v) is 2.97. The summed E-state index contributed by atoms with van der Waals surface area (Å²) in [4.78, 5) is 7.46. The van der Waals surface area contributed by atoms with Crippen molar-refractivity contribution in [3.8, 4) is 0 Å². The Morgan fingerprint density at radius 3 is 2.94 bits per heavy atom. The zero-order chi connectivity index (χ0) is 11.5. The molecule has 3 nitrogen and oxygen atoms in total. The normalized spacial score (nSPS) is 10.4. The second-order valence-electron chi connectivity index (χ2n) is 3.49. The summed E-state index contributed by atoms with van der Waals surface area (Å²) in [6, 6.07) is 4.17. The summed E-state index contributed by atoms with van der Waals surface area (Å²) < 4.78 is 0.923. The summed E-state index contributed by atoms with van der Waals surface area (Å²) >= 11 is 5.22. The van der Waals surface area contributed by atoms with E-state index in [2.05, 4.69) is 43.3 Å². The number of pyridine rings is 1. The van der Waals surface area contributed by atoms with E-state index in [0.29, 0.717) is 5.69 Å². The molecule has 2 aromatic heterocycles. The van der Waals surface area contributed by atoms with Crippen molar-refractivity contribution in [2.75, 3.05) is 17.7 Å². The molecular weight excluding hydrogens is 286 g/mol. The summed E-state index contributed by atoms with van der Waals surface area (Å²) in [7, 11) is 2.02. The van der Waals surface area contributed by atoms with Crippen LogP contribution in [0.2, 0.25) is 0 Å². The summed E-state index contributed by atoms with van der Waals surface area (Å²) in [6.45, 7) is 0.852. The molecule has 0 radical (unpaired) electrons. The molecule has 2 N–H and O–H groups in total. The average molecular weight is 298 g/mol. The van der Waals surface area contributed by atoms with E-state index in [0.717, 1.165) is 16.7 Å². The summed E-state index contributed by atoms with van der Waals surface area (Å²) in [5.74, 6) is 0.